The standard InChI is InChI=1S/C16H23NO4/c1-16(15(18)19)9-3-4-10-17(16)11-12-21-14-7-5-13(20-2)6-8-14/h5-8H,3-4,9-12H2,1-2H3,(H,18,19). The lowest BCUT2D eigenvalue weighted by Crippen LogP contribution is -2.56. The summed E-state index contributed by atoms with van der Waals surface area (Å²) in [4.78, 5) is 13.5. The van der Waals surface area contributed by atoms with Crippen LogP contribution in [0.1, 0.15) is 26.2 Å². The number of rotatable bonds is 6. The third-order valence-electron chi connectivity index (χ3n) is 4.19. The molecule has 0 amide bonds. The maximum atomic E-state index is 11.5. The predicted octanol–water partition coefficient (Wildman–Crippen LogP) is 2.40. The highest BCUT2D eigenvalue weighted by Crippen LogP contribution is 2.28. The van der Waals surface area contributed by atoms with Gasteiger partial charge in [0.05, 0.1) is 7.11 Å². The Morgan fingerprint density at radius 1 is 1.29 bits per heavy atom. The van der Waals surface area contributed by atoms with Crippen LogP contribution in [-0.4, -0.2) is 48.3 Å². The van der Waals surface area contributed by atoms with E-state index in [9.17, 15) is 9.90 Å². The van der Waals surface area contributed by atoms with Crippen molar-refractivity contribution in [1.29, 1.82) is 0 Å². The summed E-state index contributed by atoms with van der Waals surface area (Å²) < 4.78 is 10.8. The van der Waals surface area contributed by atoms with E-state index in [1.54, 1.807) is 7.11 Å². The van der Waals surface area contributed by atoms with Crippen molar-refractivity contribution in [2.24, 2.45) is 0 Å². The van der Waals surface area contributed by atoms with E-state index in [4.69, 9.17) is 9.47 Å². The number of carboxylic acid groups (broad SMARTS) is 1. The minimum Gasteiger partial charge on any atom is -0.497 e. The number of piperidine rings is 1. The Balaban J connectivity index is 1.87. The Bertz CT molecular complexity index is 474. The fourth-order valence-electron chi connectivity index (χ4n) is 2.72. The van der Waals surface area contributed by atoms with E-state index < -0.39 is 11.5 Å². The Kier molecular flexibility index (Phi) is 5.07. The number of methoxy groups -OCH3 is 1. The minimum absolute atomic E-state index is 0.481. The largest absolute Gasteiger partial charge is 0.497 e. The lowest BCUT2D eigenvalue weighted by molar-refractivity contribution is -0.153. The van der Waals surface area contributed by atoms with Gasteiger partial charge in [0.2, 0.25) is 0 Å². The second kappa shape index (κ2) is 6.80. The SMILES string of the molecule is COc1ccc(OCCN2CCCCC2(C)C(=O)O)cc1. The fourth-order valence-corrected chi connectivity index (χ4v) is 2.72. The topological polar surface area (TPSA) is 59.0 Å². The van der Waals surface area contributed by atoms with Gasteiger partial charge in [0, 0.05) is 6.54 Å². The Morgan fingerprint density at radius 2 is 1.95 bits per heavy atom. The van der Waals surface area contributed by atoms with E-state index in [0.29, 0.717) is 19.6 Å². The smallest absolute Gasteiger partial charge is 0.323 e. The van der Waals surface area contributed by atoms with E-state index in [2.05, 4.69) is 0 Å². The molecule has 1 heterocycles. The molecule has 0 spiro atoms. The first-order chi connectivity index (χ1) is 10.1. The number of hydrogen-bond acceptors (Lipinski definition) is 4. The monoisotopic (exact) mass is 293 g/mol. The molecule has 1 aromatic rings. The summed E-state index contributed by atoms with van der Waals surface area (Å²) in [6.07, 6.45) is 2.72. The van der Waals surface area contributed by atoms with Crippen molar-refractivity contribution in [3.05, 3.63) is 24.3 Å². The molecule has 0 bridgehead atoms. The number of carboxylic acids is 1. The zero-order valence-electron chi connectivity index (χ0n) is 12.7. The molecule has 0 radical (unpaired) electrons. The average Bonchev–Trinajstić information content (AvgIpc) is 2.50. The Labute approximate surface area is 125 Å². The van der Waals surface area contributed by atoms with Gasteiger partial charge in [-0.15, -0.1) is 0 Å². The summed E-state index contributed by atoms with van der Waals surface area (Å²) in [5.41, 5.74) is -0.762. The first-order valence-electron chi connectivity index (χ1n) is 7.31. The van der Waals surface area contributed by atoms with Gasteiger partial charge in [-0.2, -0.15) is 0 Å². The van der Waals surface area contributed by atoms with Crippen LogP contribution in [0.3, 0.4) is 0 Å². The summed E-state index contributed by atoms with van der Waals surface area (Å²) in [6, 6.07) is 7.39. The second-order valence-electron chi connectivity index (χ2n) is 5.55. The molecular formula is C16H23NO4. The number of benzene rings is 1. The highest BCUT2D eigenvalue weighted by molar-refractivity contribution is 5.78. The molecule has 5 nitrogen and oxygen atoms in total. The van der Waals surface area contributed by atoms with Gasteiger partial charge in [-0.3, -0.25) is 9.69 Å². The normalized spacial score (nSPS) is 22.8. The van der Waals surface area contributed by atoms with Crippen molar-refractivity contribution in [2.45, 2.75) is 31.7 Å². The van der Waals surface area contributed by atoms with E-state index >= 15 is 0 Å². The van der Waals surface area contributed by atoms with Crippen molar-refractivity contribution >= 4 is 5.97 Å². The third-order valence-corrected chi connectivity index (χ3v) is 4.19. The maximum Gasteiger partial charge on any atom is 0.323 e. The van der Waals surface area contributed by atoms with E-state index in [1.807, 2.05) is 36.1 Å². The van der Waals surface area contributed by atoms with Crippen molar-refractivity contribution in [3.63, 3.8) is 0 Å². The van der Waals surface area contributed by atoms with Crippen LogP contribution in [0.5, 0.6) is 11.5 Å². The molecule has 1 unspecified atom stereocenters. The van der Waals surface area contributed by atoms with Gasteiger partial charge < -0.3 is 14.6 Å². The first-order valence-corrected chi connectivity index (χ1v) is 7.31. The third kappa shape index (κ3) is 3.67. The molecule has 0 aromatic heterocycles. The van der Waals surface area contributed by atoms with Crippen molar-refractivity contribution < 1.29 is 19.4 Å². The van der Waals surface area contributed by atoms with Crippen molar-refractivity contribution in [3.8, 4) is 11.5 Å². The predicted molar refractivity (Wildman–Crippen MR) is 80.0 cm³/mol. The first kappa shape index (κ1) is 15.6. The minimum atomic E-state index is -0.762. The molecule has 116 valence electrons. The van der Waals surface area contributed by atoms with Crippen LogP contribution in [0.25, 0.3) is 0 Å². The second-order valence-corrected chi connectivity index (χ2v) is 5.55. The van der Waals surface area contributed by atoms with Crippen LogP contribution in [-0.2, 0) is 4.79 Å². The molecule has 1 fully saturated rings. The molecule has 1 aromatic carbocycles. The number of likely N-dealkylation sites (tertiary alicyclic amines) is 1. The Morgan fingerprint density at radius 3 is 2.57 bits per heavy atom. The zero-order chi connectivity index (χ0) is 15.3. The number of hydrogen-bond donors (Lipinski definition) is 1. The Hall–Kier alpha value is -1.75. The molecule has 1 aliphatic heterocycles. The zero-order valence-corrected chi connectivity index (χ0v) is 12.7. The highest BCUT2D eigenvalue weighted by Gasteiger charge is 2.40. The number of ether oxygens (including phenoxy) is 2. The molecule has 1 atom stereocenters. The van der Waals surface area contributed by atoms with Gasteiger partial charge in [-0.25, -0.2) is 0 Å². The quantitative estimate of drug-likeness (QED) is 0.872. The van der Waals surface area contributed by atoms with Crippen LogP contribution < -0.4 is 9.47 Å². The van der Waals surface area contributed by atoms with Gasteiger partial charge in [0.15, 0.2) is 0 Å². The van der Waals surface area contributed by atoms with Gasteiger partial charge in [-0.05, 0) is 57.0 Å². The van der Waals surface area contributed by atoms with Crippen LogP contribution in [0.15, 0.2) is 24.3 Å². The van der Waals surface area contributed by atoms with Crippen LogP contribution in [0.4, 0.5) is 0 Å². The molecule has 2 rings (SSSR count). The van der Waals surface area contributed by atoms with Gasteiger partial charge in [0.25, 0.3) is 0 Å². The summed E-state index contributed by atoms with van der Waals surface area (Å²) in [5, 5.41) is 9.45. The number of carbonyl (C=O) groups is 1. The van der Waals surface area contributed by atoms with E-state index in [1.165, 1.54) is 0 Å². The summed E-state index contributed by atoms with van der Waals surface area (Å²) in [5.74, 6) is 0.813. The van der Waals surface area contributed by atoms with Gasteiger partial charge in [-0.1, -0.05) is 0 Å². The highest BCUT2D eigenvalue weighted by atomic mass is 16.5. The van der Waals surface area contributed by atoms with Gasteiger partial charge >= 0.3 is 5.97 Å². The molecule has 5 heteroatoms. The molecule has 0 saturated carbocycles. The summed E-state index contributed by atoms with van der Waals surface area (Å²) in [7, 11) is 1.62. The molecule has 1 N–H and O–H groups in total. The molecule has 1 aliphatic rings. The maximum absolute atomic E-state index is 11.5. The lowest BCUT2D eigenvalue weighted by atomic mass is 9.88. The number of nitrogens with zero attached hydrogens (tertiary/aromatic N) is 1. The van der Waals surface area contributed by atoms with Crippen molar-refractivity contribution in [1.82, 2.24) is 4.90 Å². The molecule has 21 heavy (non-hydrogen) atoms. The molecular weight excluding hydrogens is 270 g/mol. The summed E-state index contributed by atoms with van der Waals surface area (Å²) >= 11 is 0. The van der Waals surface area contributed by atoms with E-state index in [0.717, 1.165) is 30.9 Å². The molecule has 1 saturated heterocycles. The van der Waals surface area contributed by atoms with Crippen LogP contribution >= 0.6 is 0 Å². The van der Waals surface area contributed by atoms with Crippen molar-refractivity contribution in [2.75, 3.05) is 26.8 Å². The average molecular weight is 293 g/mol. The van der Waals surface area contributed by atoms with Crippen LogP contribution in [0, 0.1) is 0 Å². The summed E-state index contributed by atoms with van der Waals surface area (Å²) in [6.45, 7) is 3.72. The van der Waals surface area contributed by atoms with Crippen LogP contribution in [0.2, 0.25) is 0 Å². The number of aliphatic carboxylic acids is 1. The van der Waals surface area contributed by atoms with Gasteiger partial charge in [0.1, 0.15) is 23.6 Å². The molecule has 0 aliphatic carbocycles. The lowest BCUT2D eigenvalue weighted by Gasteiger charge is -2.41. The van der Waals surface area contributed by atoms with E-state index in [-0.39, 0.29) is 0 Å². The fraction of sp³-hybridized carbons (Fsp3) is 0.562.